The number of carbonyl (C=O) groups is 1. The molecule has 150 valence electrons. The zero-order chi connectivity index (χ0) is 20.0. The second kappa shape index (κ2) is 9.21. The van der Waals surface area contributed by atoms with Gasteiger partial charge >= 0.3 is 0 Å². The molecule has 3 rings (SSSR count). The molecule has 1 heterocycles. The summed E-state index contributed by atoms with van der Waals surface area (Å²) in [6.45, 7) is 2.68. The minimum atomic E-state index is -3.30. The Hall–Kier alpha value is -2.38. The van der Waals surface area contributed by atoms with E-state index < -0.39 is 16.1 Å². The molecule has 2 aromatic carbocycles. The highest BCUT2D eigenvalue weighted by Crippen LogP contribution is 2.25. The first-order valence-corrected chi connectivity index (χ1v) is 11.2. The summed E-state index contributed by atoms with van der Waals surface area (Å²) in [4.78, 5) is 14.9. The third-order valence-corrected chi connectivity index (χ3v) is 6.28. The quantitative estimate of drug-likeness (QED) is 0.737. The predicted octanol–water partition coefficient (Wildman–Crippen LogP) is 2.74. The minimum Gasteiger partial charge on any atom is -0.476 e. The number of likely N-dealkylation sites (tertiary alicyclic amines) is 1. The normalized spacial score (nSPS) is 18.0. The first kappa shape index (κ1) is 20.4. The van der Waals surface area contributed by atoms with Gasteiger partial charge in [0.1, 0.15) is 5.75 Å². The summed E-state index contributed by atoms with van der Waals surface area (Å²) in [6, 6.07) is 18.3. The third-order valence-electron chi connectivity index (χ3n) is 4.64. The molecule has 0 spiro atoms. The van der Waals surface area contributed by atoms with Crippen LogP contribution in [0.4, 0.5) is 0 Å². The van der Waals surface area contributed by atoms with E-state index in [0.29, 0.717) is 31.7 Å². The van der Waals surface area contributed by atoms with Gasteiger partial charge in [-0.3, -0.25) is 4.79 Å². The number of para-hydroxylation sites is 1. The van der Waals surface area contributed by atoms with Gasteiger partial charge in [0.05, 0.1) is 5.75 Å². The van der Waals surface area contributed by atoms with Gasteiger partial charge < -0.3 is 9.64 Å². The highest BCUT2D eigenvalue weighted by atomic mass is 32.2. The maximum absolute atomic E-state index is 13.2. The lowest BCUT2D eigenvalue weighted by Crippen LogP contribution is -2.41. The molecule has 6 nitrogen and oxygen atoms in total. The molecule has 1 aliphatic rings. The van der Waals surface area contributed by atoms with Crippen LogP contribution in [-0.4, -0.2) is 44.1 Å². The predicted molar refractivity (Wildman–Crippen MR) is 108 cm³/mol. The lowest BCUT2D eigenvalue weighted by atomic mass is 10.1. The average Bonchev–Trinajstić information content (AvgIpc) is 3.14. The van der Waals surface area contributed by atoms with Gasteiger partial charge in [-0.25, -0.2) is 13.1 Å². The van der Waals surface area contributed by atoms with E-state index in [1.807, 2.05) is 67.6 Å². The van der Waals surface area contributed by atoms with Gasteiger partial charge in [-0.2, -0.15) is 0 Å². The zero-order valence-electron chi connectivity index (χ0n) is 16.0. The van der Waals surface area contributed by atoms with Gasteiger partial charge in [-0.1, -0.05) is 55.5 Å². The Labute approximate surface area is 166 Å². The number of hydrogen-bond donors (Lipinski definition) is 1. The molecule has 0 radical (unpaired) electrons. The fourth-order valence-corrected chi connectivity index (χ4v) is 4.68. The van der Waals surface area contributed by atoms with Crippen molar-refractivity contribution in [1.29, 1.82) is 0 Å². The topological polar surface area (TPSA) is 75.7 Å². The second-order valence-corrected chi connectivity index (χ2v) is 8.80. The van der Waals surface area contributed by atoms with E-state index in [2.05, 4.69) is 4.72 Å². The van der Waals surface area contributed by atoms with Gasteiger partial charge in [0.25, 0.3) is 5.91 Å². The van der Waals surface area contributed by atoms with Crippen molar-refractivity contribution in [3.05, 3.63) is 66.2 Å². The summed E-state index contributed by atoms with van der Waals surface area (Å²) in [5.74, 6) is 0.553. The number of amides is 1. The molecule has 0 aromatic heterocycles. The van der Waals surface area contributed by atoms with Crippen LogP contribution >= 0.6 is 0 Å². The smallest absolute Gasteiger partial charge is 0.268 e. The molecule has 2 aromatic rings. The summed E-state index contributed by atoms with van der Waals surface area (Å²) in [5.41, 5.74) is 0.770. The van der Waals surface area contributed by atoms with Gasteiger partial charge in [-0.15, -0.1) is 0 Å². The monoisotopic (exact) mass is 402 g/mol. The lowest BCUT2D eigenvalue weighted by Gasteiger charge is -2.25. The van der Waals surface area contributed by atoms with Crippen LogP contribution in [0.25, 0.3) is 0 Å². The van der Waals surface area contributed by atoms with Crippen molar-refractivity contribution in [3.8, 4) is 5.75 Å². The van der Waals surface area contributed by atoms with E-state index in [-0.39, 0.29) is 17.7 Å². The molecule has 0 bridgehead atoms. The molecule has 28 heavy (non-hydrogen) atoms. The standard InChI is InChI=1S/C21H26N2O4S/c1-2-15-28(25,26)22-18-13-14-23(16-18)21(24)20(17-9-5-3-6-10-17)27-19-11-7-4-8-12-19/h3-12,18,20,22H,2,13-16H2,1H3. The summed E-state index contributed by atoms with van der Waals surface area (Å²) in [6.07, 6.45) is 0.391. The van der Waals surface area contributed by atoms with E-state index in [0.717, 1.165) is 5.56 Å². The lowest BCUT2D eigenvalue weighted by molar-refractivity contribution is -0.138. The Bertz CT molecular complexity index is 872. The summed E-state index contributed by atoms with van der Waals surface area (Å²) in [7, 11) is -3.30. The number of nitrogens with zero attached hydrogens (tertiary/aromatic N) is 1. The fourth-order valence-electron chi connectivity index (χ4n) is 3.33. The molecule has 1 N–H and O–H groups in total. The number of benzene rings is 2. The van der Waals surface area contributed by atoms with Gasteiger partial charge in [0.2, 0.25) is 16.1 Å². The second-order valence-electron chi connectivity index (χ2n) is 6.93. The van der Waals surface area contributed by atoms with Gasteiger partial charge in [-0.05, 0) is 25.0 Å². The third kappa shape index (κ3) is 5.33. The highest BCUT2D eigenvalue weighted by molar-refractivity contribution is 7.89. The maximum atomic E-state index is 13.2. The molecule has 1 amide bonds. The van der Waals surface area contributed by atoms with Crippen molar-refractivity contribution in [3.63, 3.8) is 0 Å². The van der Waals surface area contributed by atoms with Crippen LogP contribution in [0.2, 0.25) is 0 Å². The molecule has 2 atom stereocenters. The van der Waals surface area contributed by atoms with Crippen molar-refractivity contribution < 1.29 is 17.9 Å². The van der Waals surface area contributed by atoms with E-state index in [1.165, 1.54) is 0 Å². The number of nitrogens with one attached hydrogen (secondary N) is 1. The summed E-state index contributed by atoms with van der Waals surface area (Å²) < 4.78 is 32.8. The van der Waals surface area contributed by atoms with E-state index >= 15 is 0 Å². The summed E-state index contributed by atoms with van der Waals surface area (Å²) >= 11 is 0. The van der Waals surface area contributed by atoms with Crippen LogP contribution in [0.5, 0.6) is 5.75 Å². The molecule has 1 aliphatic heterocycles. The highest BCUT2D eigenvalue weighted by Gasteiger charge is 2.34. The Kier molecular flexibility index (Phi) is 6.70. The largest absolute Gasteiger partial charge is 0.476 e. The SMILES string of the molecule is CCCS(=O)(=O)NC1CCN(C(=O)C(Oc2ccccc2)c2ccccc2)C1. The number of carbonyl (C=O) groups excluding carboxylic acids is 1. The van der Waals surface area contributed by atoms with Crippen molar-refractivity contribution in [2.24, 2.45) is 0 Å². The average molecular weight is 403 g/mol. The van der Waals surface area contributed by atoms with Crippen LogP contribution < -0.4 is 9.46 Å². The molecule has 2 unspecified atom stereocenters. The Morgan fingerprint density at radius 1 is 1.14 bits per heavy atom. The van der Waals surface area contributed by atoms with Crippen LogP contribution in [0.1, 0.15) is 31.4 Å². The Morgan fingerprint density at radius 2 is 1.79 bits per heavy atom. The van der Waals surface area contributed by atoms with E-state index in [4.69, 9.17) is 4.74 Å². The molecule has 7 heteroatoms. The van der Waals surface area contributed by atoms with E-state index in [1.54, 1.807) is 4.90 Å². The van der Waals surface area contributed by atoms with Crippen LogP contribution in [-0.2, 0) is 14.8 Å². The van der Waals surface area contributed by atoms with E-state index in [9.17, 15) is 13.2 Å². The number of sulfonamides is 1. The number of ether oxygens (including phenoxy) is 1. The Morgan fingerprint density at radius 3 is 2.43 bits per heavy atom. The van der Waals surface area contributed by atoms with Crippen molar-refractivity contribution >= 4 is 15.9 Å². The van der Waals surface area contributed by atoms with Crippen LogP contribution in [0.15, 0.2) is 60.7 Å². The maximum Gasteiger partial charge on any atom is 0.268 e. The fraction of sp³-hybridized carbons (Fsp3) is 0.381. The van der Waals surface area contributed by atoms with Gasteiger partial charge in [0, 0.05) is 24.7 Å². The van der Waals surface area contributed by atoms with Crippen LogP contribution in [0, 0.1) is 0 Å². The molecule has 0 aliphatic carbocycles. The van der Waals surface area contributed by atoms with Crippen molar-refractivity contribution in [2.45, 2.75) is 31.9 Å². The van der Waals surface area contributed by atoms with Crippen LogP contribution in [0.3, 0.4) is 0 Å². The summed E-state index contributed by atoms with van der Waals surface area (Å²) in [5, 5.41) is 0. The minimum absolute atomic E-state index is 0.0984. The number of rotatable bonds is 8. The Balaban J connectivity index is 1.73. The molecule has 0 saturated carbocycles. The molecular formula is C21H26N2O4S. The van der Waals surface area contributed by atoms with Crippen molar-refractivity contribution in [2.75, 3.05) is 18.8 Å². The molecule has 1 fully saturated rings. The first-order chi connectivity index (χ1) is 13.5. The molecular weight excluding hydrogens is 376 g/mol. The number of hydrogen-bond acceptors (Lipinski definition) is 4. The first-order valence-electron chi connectivity index (χ1n) is 9.54. The van der Waals surface area contributed by atoms with Gasteiger partial charge in [0.15, 0.2) is 0 Å². The zero-order valence-corrected chi connectivity index (χ0v) is 16.8. The van der Waals surface area contributed by atoms with Crippen molar-refractivity contribution in [1.82, 2.24) is 9.62 Å². The molecule has 1 saturated heterocycles.